The highest BCUT2D eigenvalue weighted by molar-refractivity contribution is 5.55. The van der Waals surface area contributed by atoms with Crippen LogP contribution >= 0.6 is 0 Å². The molecule has 1 N–H and O–H groups in total. The second-order valence-electron chi connectivity index (χ2n) is 6.18. The Morgan fingerprint density at radius 3 is 2.06 bits per heavy atom. The van der Waals surface area contributed by atoms with Crippen LogP contribution in [0.15, 0.2) is 4.99 Å². The first-order valence-corrected chi connectivity index (χ1v) is 6.18. The molecule has 3 nitrogen and oxygen atoms in total. The summed E-state index contributed by atoms with van der Waals surface area (Å²) in [6.07, 6.45) is 1.83. The maximum absolute atomic E-state index is 4.38. The quantitative estimate of drug-likeness (QED) is 0.577. The summed E-state index contributed by atoms with van der Waals surface area (Å²) < 4.78 is 0. The van der Waals surface area contributed by atoms with Crippen molar-refractivity contribution in [3.63, 3.8) is 0 Å². The van der Waals surface area contributed by atoms with E-state index >= 15 is 0 Å². The number of hydrogen-bond donors (Lipinski definition) is 1. The molecule has 0 saturated heterocycles. The Balaban J connectivity index is 3.88. The fraction of sp³-hybridized carbons (Fsp3) is 0.923. The van der Waals surface area contributed by atoms with Gasteiger partial charge in [0.05, 0.1) is 12.9 Å². The van der Waals surface area contributed by atoms with Crippen molar-refractivity contribution in [2.45, 2.75) is 59.5 Å². The summed E-state index contributed by atoms with van der Waals surface area (Å²) in [5, 5.41) is 3.24. The minimum absolute atomic E-state index is 0.109. The molecule has 3 heteroatoms. The Morgan fingerprint density at radius 2 is 1.69 bits per heavy atom. The first-order chi connectivity index (χ1) is 7.17. The van der Waals surface area contributed by atoms with E-state index in [0.717, 1.165) is 19.6 Å². The molecular formula is C13H29N3. The summed E-state index contributed by atoms with van der Waals surface area (Å²) in [5.41, 5.74) is 0.347. The summed E-state index contributed by atoms with van der Waals surface area (Å²) in [6, 6.07) is 0. The van der Waals surface area contributed by atoms with Gasteiger partial charge in [-0.15, -0.1) is 0 Å². The van der Waals surface area contributed by atoms with Crippen LogP contribution in [-0.4, -0.2) is 42.0 Å². The number of nitrogens with zero attached hydrogens (tertiary/aromatic N) is 2. The number of hydrogen-bond acceptors (Lipinski definition) is 2. The normalized spacial score (nSPS) is 13.8. The Morgan fingerprint density at radius 1 is 1.12 bits per heavy atom. The molecular weight excluding hydrogens is 198 g/mol. The SMILES string of the molecule is CCN(CCN=CNC(C)(C)C)C(C)(C)C. The van der Waals surface area contributed by atoms with Crippen molar-refractivity contribution in [3.8, 4) is 0 Å². The molecule has 0 aliphatic heterocycles. The molecule has 0 amide bonds. The molecule has 0 aliphatic carbocycles. The molecule has 0 fully saturated rings. The molecule has 96 valence electrons. The Kier molecular flexibility index (Phi) is 6.01. The number of rotatable bonds is 5. The lowest BCUT2D eigenvalue weighted by molar-refractivity contribution is 0.150. The average Bonchev–Trinajstić information content (AvgIpc) is 2.07. The molecule has 0 aromatic rings. The molecule has 0 bridgehead atoms. The predicted molar refractivity (Wildman–Crippen MR) is 73.2 cm³/mol. The van der Waals surface area contributed by atoms with Crippen molar-refractivity contribution in [3.05, 3.63) is 0 Å². The second kappa shape index (κ2) is 6.24. The fourth-order valence-electron chi connectivity index (χ4n) is 1.45. The van der Waals surface area contributed by atoms with Gasteiger partial charge in [0, 0.05) is 17.6 Å². The first kappa shape index (κ1) is 15.4. The Bertz CT molecular complexity index is 208. The Hall–Kier alpha value is -0.570. The van der Waals surface area contributed by atoms with Gasteiger partial charge in [-0.3, -0.25) is 9.89 Å². The lowest BCUT2D eigenvalue weighted by atomic mass is 10.1. The summed E-state index contributed by atoms with van der Waals surface area (Å²) in [7, 11) is 0. The molecule has 0 heterocycles. The molecule has 0 atom stereocenters. The molecule has 0 radical (unpaired) electrons. The van der Waals surface area contributed by atoms with Gasteiger partial charge in [-0.1, -0.05) is 6.92 Å². The molecule has 0 unspecified atom stereocenters. The van der Waals surface area contributed by atoms with Crippen LogP contribution in [0.2, 0.25) is 0 Å². The van der Waals surface area contributed by atoms with Crippen LogP contribution in [0.3, 0.4) is 0 Å². The highest BCUT2D eigenvalue weighted by atomic mass is 15.2. The van der Waals surface area contributed by atoms with Crippen molar-refractivity contribution in [2.75, 3.05) is 19.6 Å². The van der Waals surface area contributed by atoms with E-state index in [0.29, 0.717) is 0 Å². The predicted octanol–water partition coefficient (Wildman–Crippen LogP) is 2.52. The van der Waals surface area contributed by atoms with Gasteiger partial charge in [0.25, 0.3) is 0 Å². The van der Waals surface area contributed by atoms with E-state index in [1.54, 1.807) is 0 Å². The van der Waals surface area contributed by atoms with E-state index in [2.05, 4.69) is 63.7 Å². The van der Waals surface area contributed by atoms with Crippen LogP contribution in [0.5, 0.6) is 0 Å². The van der Waals surface area contributed by atoms with Gasteiger partial charge in [-0.2, -0.15) is 0 Å². The average molecular weight is 227 g/mol. The van der Waals surface area contributed by atoms with Crippen LogP contribution in [0.25, 0.3) is 0 Å². The Labute approximate surface area is 101 Å². The zero-order valence-corrected chi connectivity index (χ0v) is 12.1. The smallest absolute Gasteiger partial charge is 0.0828 e. The number of aliphatic imine (C=N–C) groups is 1. The van der Waals surface area contributed by atoms with E-state index in [4.69, 9.17) is 0 Å². The van der Waals surface area contributed by atoms with Crippen LogP contribution in [0.4, 0.5) is 0 Å². The molecule has 16 heavy (non-hydrogen) atoms. The minimum atomic E-state index is 0.109. The van der Waals surface area contributed by atoms with E-state index < -0.39 is 0 Å². The first-order valence-electron chi connectivity index (χ1n) is 6.18. The highest BCUT2D eigenvalue weighted by Crippen LogP contribution is 2.11. The summed E-state index contributed by atoms with van der Waals surface area (Å²) in [4.78, 5) is 6.81. The summed E-state index contributed by atoms with van der Waals surface area (Å²) >= 11 is 0. The molecule has 0 aromatic carbocycles. The van der Waals surface area contributed by atoms with E-state index in [9.17, 15) is 0 Å². The van der Waals surface area contributed by atoms with Crippen LogP contribution < -0.4 is 5.32 Å². The summed E-state index contributed by atoms with van der Waals surface area (Å²) in [6.45, 7) is 18.3. The third kappa shape index (κ3) is 7.69. The van der Waals surface area contributed by atoms with Gasteiger partial charge in [-0.25, -0.2) is 0 Å². The maximum atomic E-state index is 4.38. The monoisotopic (exact) mass is 227 g/mol. The van der Waals surface area contributed by atoms with Crippen LogP contribution in [0, 0.1) is 0 Å². The third-order valence-electron chi connectivity index (χ3n) is 2.42. The standard InChI is InChI=1S/C13H29N3/c1-8-16(13(5,6)7)10-9-14-11-15-12(2,3)4/h11H,8-10H2,1-7H3,(H,14,15). The van der Waals surface area contributed by atoms with Crippen molar-refractivity contribution < 1.29 is 0 Å². The van der Waals surface area contributed by atoms with Gasteiger partial charge in [0.1, 0.15) is 0 Å². The lowest BCUT2D eigenvalue weighted by Crippen LogP contribution is -2.42. The van der Waals surface area contributed by atoms with Crippen LogP contribution in [0.1, 0.15) is 48.5 Å². The molecule has 0 rings (SSSR count). The molecule has 0 aromatic heterocycles. The topological polar surface area (TPSA) is 27.6 Å². The minimum Gasteiger partial charge on any atom is -0.372 e. The van der Waals surface area contributed by atoms with Gasteiger partial charge in [-0.05, 0) is 48.1 Å². The van der Waals surface area contributed by atoms with E-state index in [1.807, 2.05) is 6.34 Å². The largest absolute Gasteiger partial charge is 0.372 e. The lowest BCUT2D eigenvalue weighted by Gasteiger charge is -2.34. The maximum Gasteiger partial charge on any atom is 0.0828 e. The number of likely N-dealkylation sites (N-methyl/N-ethyl adjacent to an activating group) is 1. The van der Waals surface area contributed by atoms with Crippen molar-refractivity contribution in [1.29, 1.82) is 0 Å². The zero-order valence-electron chi connectivity index (χ0n) is 12.1. The van der Waals surface area contributed by atoms with Gasteiger partial charge >= 0.3 is 0 Å². The second-order valence-corrected chi connectivity index (χ2v) is 6.18. The van der Waals surface area contributed by atoms with E-state index in [1.165, 1.54) is 0 Å². The third-order valence-corrected chi connectivity index (χ3v) is 2.42. The molecule has 0 aliphatic rings. The highest BCUT2D eigenvalue weighted by Gasteiger charge is 2.18. The molecule has 0 saturated carbocycles. The number of nitrogens with one attached hydrogen (secondary N) is 1. The molecule has 0 spiro atoms. The zero-order chi connectivity index (χ0) is 12.8. The van der Waals surface area contributed by atoms with Gasteiger partial charge < -0.3 is 5.32 Å². The fourth-order valence-corrected chi connectivity index (χ4v) is 1.45. The van der Waals surface area contributed by atoms with Crippen molar-refractivity contribution in [2.24, 2.45) is 4.99 Å². The van der Waals surface area contributed by atoms with Gasteiger partial charge in [0.15, 0.2) is 0 Å². The van der Waals surface area contributed by atoms with E-state index in [-0.39, 0.29) is 11.1 Å². The van der Waals surface area contributed by atoms with Crippen molar-refractivity contribution >= 4 is 6.34 Å². The van der Waals surface area contributed by atoms with Gasteiger partial charge in [0.2, 0.25) is 0 Å². The van der Waals surface area contributed by atoms with Crippen LogP contribution in [-0.2, 0) is 0 Å². The summed E-state index contributed by atoms with van der Waals surface area (Å²) in [5.74, 6) is 0. The van der Waals surface area contributed by atoms with Crippen molar-refractivity contribution in [1.82, 2.24) is 10.2 Å².